The lowest BCUT2D eigenvalue weighted by Gasteiger charge is -2.30. The fourth-order valence-electron chi connectivity index (χ4n) is 3.07. The molecule has 0 aromatic heterocycles. The summed E-state index contributed by atoms with van der Waals surface area (Å²) in [4.78, 5) is 38.6. The number of carbonyl (C=O) groups is 3. The van der Waals surface area contributed by atoms with E-state index in [2.05, 4.69) is 0 Å². The molecule has 2 amide bonds. The van der Waals surface area contributed by atoms with Crippen LogP contribution in [0.3, 0.4) is 0 Å². The Balaban J connectivity index is 1.99. The normalized spacial score (nSPS) is 28.1. The van der Waals surface area contributed by atoms with Gasteiger partial charge in [0.1, 0.15) is 0 Å². The molecule has 0 bridgehead atoms. The van der Waals surface area contributed by atoms with E-state index in [0.717, 1.165) is 19.3 Å². The highest BCUT2D eigenvalue weighted by Gasteiger charge is 2.34. The van der Waals surface area contributed by atoms with Gasteiger partial charge in [0.05, 0.1) is 12.5 Å². The first-order valence-corrected chi connectivity index (χ1v) is 7.24. The first-order valence-electron chi connectivity index (χ1n) is 7.24. The topological polar surface area (TPSA) is 77.9 Å². The number of hydrogen-bond acceptors (Lipinski definition) is 3. The molecular weight excluding hydrogens is 260 g/mol. The Morgan fingerprint density at radius 1 is 1.15 bits per heavy atom. The number of likely N-dealkylation sites (N-methyl/N-ethyl adjacent to an activating group) is 1. The quantitative estimate of drug-likeness (QED) is 0.803. The molecule has 2 fully saturated rings. The fourth-order valence-corrected chi connectivity index (χ4v) is 3.07. The molecule has 20 heavy (non-hydrogen) atoms. The highest BCUT2D eigenvalue weighted by molar-refractivity contribution is 5.86. The molecule has 1 heterocycles. The zero-order valence-electron chi connectivity index (χ0n) is 11.9. The Kier molecular flexibility index (Phi) is 4.62. The molecule has 0 aromatic carbocycles. The number of carboxylic acid groups (broad SMARTS) is 1. The maximum atomic E-state index is 12.5. The third-order valence-electron chi connectivity index (χ3n) is 4.36. The van der Waals surface area contributed by atoms with Gasteiger partial charge in [0.15, 0.2) is 0 Å². The van der Waals surface area contributed by atoms with Crippen molar-refractivity contribution in [2.24, 2.45) is 11.8 Å². The zero-order valence-corrected chi connectivity index (χ0v) is 11.9. The minimum Gasteiger partial charge on any atom is -0.481 e. The van der Waals surface area contributed by atoms with E-state index in [1.807, 2.05) is 0 Å². The summed E-state index contributed by atoms with van der Waals surface area (Å²) in [5.74, 6) is -1.54. The number of hydrogen-bond donors (Lipinski definition) is 1. The SMILES string of the molecule is CN1CCCN(C(=O)C2CCCC(C(=O)O)C2)CC1=O. The highest BCUT2D eigenvalue weighted by atomic mass is 16.4. The van der Waals surface area contributed by atoms with Gasteiger partial charge < -0.3 is 14.9 Å². The summed E-state index contributed by atoms with van der Waals surface area (Å²) in [6, 6.07) is 0. The van der Waals surface area contributed by atoms with Crippen molar-refractivity contribution in [3.63, 3.8) is 0 Å². The second-order valence-electron chi connectivity index (χ2n) is 5.83. The van der Waals surface area contributed by atoms with Crippen LogP contribution in [-0.2, 0) is 14.4 Å². The summed E-state index contributed by atoms with van der Waals surface area (Å²) in [6.45, 7) is 1.39. The predicted molar refractivity (Wildman–Crippen MR) is 71.9 cm³/mol. The summed E-state index contributed by atoms with van der Waals surface area (Å²) < 4.78 is 0. The van der Waals surface area contributed by atoms with Gasteiger partial charge in [0, 0.05) is 26.1 Å². The third kappa shape index (κ3) is 3.29. The first-order chi connectivity index (χ1) is 9.49. The Morgan fingerprint density at radius 2 is 1.85 bits per heavy atom. The van der Waals surface area contributed by atoms with Gasteiger partial charge in [0.2, 0.25) is 11.8 Å². The second kappa shape index (κ2) is 6.24. The van der Waals surface area contributed by atoms with Crippen molar-refractivity contribution in [1.82, 2.24) is 9.80 Å². The van der Waals surface area contributed by atoms with Crippen LogP contribution < -0.4 is 0 Å². The fraction of sp³-hybridized carbons (Fsp3) is 0.786. The maximum Gasteiger partial charge on any atom is 0.306 e. The van der Waals surface area contributed by atoms with Gasteiger partial charge in [-0.3, -0.25) is 14.4 Å². The Bertz CT molecular complexity index is 410. The third-order valence-corrected chi connectivity index (χ3v) is 4.36. The van der Waals surface area contributed by atoms with Crippen molar-refractivity contribution >= 4 is 17.8 Å². The van der Waals surface area contributed by atoms with Crippen molar-refractivity contribution < 1.29 is 19.5 Å². The van der Waals surface area contributed by atoms with Gasteiger partial charge in [-0.2, -0.15) is 0 Å². The molecule has 1 saturated heterocycles. The van der Waals surface area contributed by atoms with E-state index in [0.29, 0.717) is 25.9 Å². The molecule has 0 spiro atoms. The molecule has 1 aliphatic carbocycles. The van der Waals surface area contributed by atoms with E-state index in [1.54, 1.807) is 16.8 Å². The molecular formula is C14H22N2O4. The minimum atomic E-state index is -0.811. The van der Waals surface area contributed by atoms with E-state index >= 15 is 0 Å². The number of amides is 2. The van der Waals surface area contributed by atoms with Crippen LogP contribution in [0.25, 0.3) is 0 Å². The van der Waals surface area contributed by atoms with Crippen LogP contribution in [0, 0.1) is 11.8 Å². The summed E-state index contributed by atoms with van der Waals surface area (Å²) in [5.41, 5.74) is 0. The van der Waals surface area contributed by atoms with E-state index < -0.39 is 11.9 Å². The van der Waals surface area contributed by atoms with Crippen LogP contribution in [-0.4, -0.2) is 59.4 Å². The number of carboxylic acids is 1. The smallest absolute Gasteiger partial charge is 0.306 e. The average Bonchev–Trinajstić information content (AvgIpc) is 2.60. The van der Waals surface area contributed by atoms with E-state index in [4.69, 9.17) is 5.11 Å². The lowest BCUT2D eigenvalue weighted by molar-refractivity contribution is -0.147. The number of carbonyl (C=O) groups excluding carboxylic acids is 2. The van der Waals surface area contributed by atoms with Gasteiger partial charge >= 0.3 is 5.97 Å². The highest BCUT2D eigenvalue weighted by Crippen LogP contribution is 2.30. The van der Waals surface area contributed by atoms with Gasteiger partial charge in [-0.25, -0.2) is 0 Å². The Hall–Kier alpha value is -1.59. The zero-order chi connectivity index (χ0) is 14.7. The molecule has 6 nitrogen and oxygen atoms in total. The second-order valence-corrected chi connectivity index (χ2v) is 5.83. The predicted octanol–water partition coefficient (Wildman–Crippen LogP) is 0.568. The summed E-state index contributed by atoms with van der Waals surface area (Å²) in [6.07, 6.45) is 3.36. The standard InChI is InChI=1S/C14H22N2O4/c1-15-6-3-7-16(9-12(15)17)13(18)10-4-2-5-11(8-10)14(19)20/h10-11H,2-9H2,1H3,(H,19,20). The van der Waals surface area contributed by atoms with Crippen LogP contribution in [0.5, 0.6) is 0 Å². The molecule has 112 valence electrons. The summed E-state index contributed by atoms with van der Waals surface area (Å²) in [7, 11) is 1.75. The number of aliphatic carboxylic acids is 1. The summed E-state index contributed by atoms with van der Waals surface area (Å²) in [5, 5.41) is 9.08. The van der Waals surface area contributed by atoms with Crippen LogP contribution >= 0.6 is 0 Å². The number of rotatable bonds is 2. The summed E-state index contributed by atoms with van der Waals surface area (Å²) >= 11 is 0. The molecule has 2 aliphatic rings. The van der Waals surface area contributed by atoms with E-state index in [9.17, 15) is 14.4 Å². The van der Waals surface area contributed by atoms with Crippen molar-refractivity contribution in [1.29, 1.82) is 0 Å². The molecule has 1 saturated carbocycles. The minimum absolute atomic E-state index is 0.0403. The molecule has 2 unspecified atom stereocenters. The molecule has 1 N–H and O–H groups in total. The van der Waals surface area contributed by atoms with E-state index in [-0.39, 0.29) is 24.3 Å². The van der Waals surface area contributed by atoms with Crippen molar-refractivity contribution in [2.45, 2.75) is 32.1 Å². The molecule has 2 atom stereocenters. The van der Waals surface area contributed by atoms with Crippen molar-refractivity contribution in [3.05, 3.63) is 0 Å². The van der Waals surface area contributed by atoms with Crippen LogP contribution in [0.15, 0.2) is 0 Å². The van der Waals surface area contributed by atoms with Crippen LogP contribution in [0.1, 0.15) is 32.1 Å². The first kappa shape index (κ1) is 14.8. The van der Waals surface area contributed by atoms with Gasteiger partial charge in [-0.15, -0.1) is 0 Å². The van der Waals surface area contributed by atoms with Crippen LogP contribution in [0.2, 0.25) is 0 Å². The lowest BCUT2D eigenvalue weighted by Crippen LogP contribution is -2.42. The van der Waals surface area contributed by atoms with Gasteiger partial charge in [0.25, 0.3) is 0 Å². The molecule has 0 aromatic rings. The monoisotopic (exact) mass is 282 g/mol. The van der Waals surface area contributed by atoms with E-state index in [1.165, 1.54) is 0 Å². The van der Waals surface area contributed by atoms with Crippen LogP contribution in [0.4, 0.5) is 0 Å². The Morgan fingerprint density at radius 3 is 2.55 bits per heavy atom. The lowest BCUT2D eigenvalue weighted by atomic mass is 9.80. The van der Waals surface area contributed by atoms with Gasteiger partial charge in [-0.05, 0) is 25.7 Å². The van der Waals surface area contributed by atoms with Crippen molar-refractivity contribution in [3.8, 4) is 0 Å². The molecule has 0 radical (unpaired) electrons. The molecule has 6 heteroatoms. The number of nitrogens with zero attached hydrogens (tertiary/aromatic N) is 2. The molecule has 1 aliphatic heterocycles. The maximum absolute atomic E-state index is 12.5. The average molecular weight is 282 g/mol. The van der Waals surface area contributed by atoms with Gasteiger partial charge in [-0.1, -0.05) is 6.42 Å². The largest absolute Gasteiger partial charge is 0.481 e. The van der Waals surface area contributed by atoms with Crippen molar-refractivity contribution in [2.75, 3.05) is 26.7 Å². The molecule has 2 rings (SSSR count). The Labute approximate surface area is 118 Å².